The minimum absolute atomic E-state index is 0.00444. The van der Waals surface area contributed by atoms with Crippen LogP contribution in [0, 0.1) is 16.2 Å². The highest BCUT2D eigenvalue weighted by Crippen LogP contribution is 2.67. The van der Waals surface area contributed by atoms with E-state index in [-0.39, 0.29) is 16.2 Å². The van der Waals surface area contributed by atoms with Crippen LogP contribution >= 0.6 is 0 Å². The lowest BCUT2D eigenvalue weighted by Crippen LogP contribution is -2.37. The van der Waals surface area contributed by atoms with Crippen LogP contribution in [0.1, 0.15) is 48.5 Å². The Bertz CT molecular complexity index is 446. The van der Waals surface area contributed by atoms with Crippen LogP contribution in [0.3, 0.4) is 0 Å². The molecule has 1 fully saturated rings. The first-order chi connectivity index (χ1) is 7.92. The van der Waals surface area contributed by atoms with E-state index >= 15 is 0 Å². The van der Waals surface area contributed by atoms with Gasteiger partial charge in [0, 0.05) is 0 Å². The fourth-order valence-electron chi connectivity index (χ4n) is 2.96. The molecule has 2 nitrogen and oxygen atoms in total. The van der Waals surface area contributed by atoms with Gasteiger partial charge >= 0.3 is 0 Å². The Hall–Kier alpha value is -1.18. The van der Waals surface area contributed by atoms with Gasteiger partial charge in [0.2, 0.25) is 0 Å². The van der Waals surface area contributed by atoms with Crippen LogP contribution in [0.2, 0.25) is 0 Å². The van der Waals surface area contributed by atoms with Gasteiger partial charge in [-0.3, -0.25) is 0 Å². The van der Waals surface area contributed by atoms with E-state index in [0.29, 0.717) is 11.4 Å². The highest BCUT2D eigenvalue weighted by atomic mass is 14.7. The summed E-state index contributed by atoms with van der Waals surface area (Å²) < 4.78 is 0. The van der Waals surface area contributed by atoms with Gasteiger partial charge in [-0.2, -0.15) is 0 Å². The molecule has 102 valence electrons. The topological polar surface area (TPSA) is 52.0 Å². The van der Waals surface area contributed by atoms with E-state index in [1.165, 1.54) is 0 Å². The maximum absolute atomic E-state index is 6.27. The first-order valence-corrected chi connectivity index (χ1v) is 6.55. The summed E-state index contributed by atoms with van der Waals surface area (Å²) in [4.78, 5) is 0. The quantitative estimate of drug-likeness (QED) is 0.743. The molecule has 0 spiro atoms. The predicted octanol–water partition coefficient (Wildman–Crippen LogP) is 3.71. The van der Waals surface area contributed by atoms with Gasteiger partial charge in [0.25, 0.3) is 0 Å². The van der Waals surface area contributed by atoms with Crippen molar-refractivity contribution in [2.75, 3.05) is 0 Å². The summed E-state index contributed by atoms with van der Waals surface area (Å²) in [5.74, 6) is 0. The number of hydrogen-bond donors (Lipinski definition) is 2. The first-order valence-electron chi connectivity index (χ1n) is 6.55. The van der Waals surface area contributed by atoms with Crippen molar-refractivity contribution >= 4 is 0 Å². The van der Waals surface area contributed by atoms with Crippen molar-refractivity contribution in [2.45, 2.75) is 48.5 Å². The van der Waals surface area contributed by atoms with Crippen LogP contribution in [0.5, 0.6) is 0 Å². The van der Waals surface area contributed by atoms with E-state index in [1.54, 1.807) is 0 Å². The molecule has 1 aliphatic carbocycles. The molecular weight excluding hydrogens is 220 g/mol. The molecule has 0 saturated heterocycles. The Kier molecular flexibility index (Phi) is 3.23. The number of hydrogen-bond acceptors (Lipinski definition) is 2. The smallest absolute Gasteiger partial charge is 0.0585 e. The standard InChI is InChI=1S/C16H28N2/c1-9-11(17)13(18)12-10(2)14(3,4)16(7,8)15(12,5)6/h9H,2,17-18H2,1,3-8H3/b11-9+,13-12-. The zero-order valence-electron chi connectivity index (χ0n) is 12.9. The van der Waals surface area contributed by atoms with Gasteiger partial charge in [0.15, 0.2) is 0 Å². The van der Waals surface area contributed by atoms with Gasteiger partial charge in [0.05, 0.1) is 11.4 Å². The molecule has 0 radical (unpaired) electrons. The van der Waals surface area contributed by atoms with E-state index in [0.717, 1.165) is 11.1 Å². The molecule has 1 rings (SSSR count). The molecule has 0 atom stereocenters. The molecule has 1 saturated carbocycles. The highest BCUT2D eigenvalue weighted by Gasteiger charge is 2.59. The monoisotopic (exact) mass is 248 g/mol. The maximum Gasteiger partial charge on any atom is 0.0585 e. The van der Waals surface area contributed by atoms with E-state index in [4.69, 9.17) is 11.5 Å². The average molecular weight is 248 g/mol. The molecule has 4 N–H and O–H groups in total. The van der Waals surface area contributed by atoms with Gasteiger partial charge < -0.3 is 11.5 Å². The molecule has 0 aliphatic heterocycles. The van der Waals surface area contributed by atoms with Crippen LogP contribution in [0.15, 0.2) is 35.2 Å². The van der Waals surface area contributed by atoms with Gasteiger partial charge in [-0.1, -0.05) is 54.2 Å². The average Bonchev–Trinajstić information content (AvgIpc) is 2.34. The summed E-state index contributed by atoms with van der Waals surface area (Å²) in [6.07, 6.45) is 1.85. The Labute approximate surface area is 112 Å². The molecule has 1 aliphatic rings. The zero-order chi connectivity index (χ0) is 14.5. The lowest BCUT2D eigenvalue weighted by atomic mass is 9.60. The third-order valence-electron chi connectivity index (χ3n) is 5.70. The fraction of sp³-hybridized carbons (Fsp3) is 0.625. The largest absolute Gasteiger partial charge is 0.397 e. The summed E-state index contributed by atoms with van der Waals surface area (Å²) in [7, 11) is 0. The predicted molar refractivity (Wildman–Crippen MR) is 79.6 cm³/mol. The molecule has 0 bridgehead atoms. The molecule has 18 heavy (non-hydrogen) atoms. The first kappa shape index (κ1) is 14.9. The second-order valence-corrected chi connectivity index (χ2v) is 6.89. The van der Waals surface area contributed by atoms with Gasteiger partial charge in [-0.15, -0.1) is 0 Å². The molecule has 0 heterocycles. The highest BCUT2D eigenvalue weighted by molar-refractivity contribution is 5.53. The molecule has 2 heteroatoms. The second kappa shape index (κ2) is 3.91. The number of nitrogens with two attached hydrogens (primary N) is 2. The van der Waals surface area contributed by atoms with Crippen LogP contribution in [0.25, 0.3) is 0 Å². The van der Waals surface area contributed by atoms with Gasteiger partial charge in [0.1, 0.15) is 0 Å². The third kappa shape index (κ3) is 1.54. The number of rotatable bonds is 1. The van der Waals surface area contributed by atoms with E-state index in [2.05, 4.69) is 48.1 Å². The van der Waals surface area contributed by atoms with Crippen molar-refractivity contribution in [1.29, 1.82) is 0 Å². The van der Waals surface area contributed by atoms with Crippen LogP contribution in [-0.2, 0) is 0 Å². The Balaban J connectivity index is 3.65. The summed E-state index contributed by atoms with van der Waals surface area (Å²) in [6.45, 7) is 19.7. The van der Waals surface area contributed by atoms with Crippen LogP contribution < -0.4 is 11.5 Å². The SMILES string of the molecule is C=C1/C(=C(N)\C(N)=C/C)C(C)(C)C(C)(C)C1(C)C. The van der Waals surface area contributed by atoms with E-state index < -0.39 is 0 Å². The summed E-state index contributed by atoms with van der Waals surface area (Å²) >= 11 is 0. The lowest BCUT2D eigenvalue weighted by molar-refractivity contribution is 0.0750. The number of allylic oxidation sites excluding steroid dienone is 3. The minimum Gasteiger partial charge on any atom is -0.397 e. The summed E-state index contributed by atoms with van der Waals surface area (Å²) in [5.41, 5.74) is 15.9. The molecule has 0 aromatic rings. The van der Waals surface area contributed by atoms with Crippen molar-refractivity contribution in [1.82, 2.24) is 0 Å². The van der Waals surface area contributed by atoms with Crippen LogP contribution in [-0.4, -0.2) is 0 Å². The summed E-state index contributed by atoms with van der Waals surface area (Å²) in [5, 5.41) is 0. The van der Waals surface area contributed by atoms with Crippen molar-refractivity contribution in [3.63, 3.8) is 0 Å². The lowest BCUT2D eigenvalue weighted by Gasteiger charge is -2.43. The molecule has 0 unspecified atom stereocenters. The van der Waals surface area contributed by atoms with Gasteiger partial charge in [-0.05, 0) is 34.3 Å². The third-order valence-corrected chi connectivity index (χ3v) is 5.70. The van der Waals surface area contributed by atoms with Crippen molar-refractivity contribution in [3.05, 3.63) is 35.2 Å². The molecular formula is C16H28N2. The summed E-state index contributed by atoms with van der Waals surface area (Å²) in [6, 6.07) is 0. The molecule has 0 aromatic carbocycles. The van der Waals surface area contributed by atoms with E-state index in [1.807, 2.05) is 13.0 Å². The van der Waals surface area contributed by atoms with Crippen molar-refractivity contribution < 1.29 is 0 Å². The van der Waals surface area contributed by atoms with E-state index in [9.17, 15) is 0 Å². The zero-order valence-corrected chi connectivity index (χ0v) is 12.9. The second-order valence-electron chi connectivity index (χ2n) is 6.89. The van der Waals surface area contributed by atoms with Gasteiger partial charge in [-0.25, -0.2) is 0 Å². The van der Waals surface area contributed by atoms with Crippen molar-refractivity contribution in [2.24, 2.45) is 27.7 Å². The molecule has 0 aromatic heterocycles. The Morgan fingerprint density at radius 2 is 1.44 bits per heavy atom. The van der Waals surface area contributed by atoms with Crippen LogP contribution in [0.4, 0.5) is 0 Å². The van der Waals surface area contributed by atoms with Crippen molar-refractivity contribution in [3.8, 4) is 0 Å². The fourth-order valence-corrected chi connectivity index (χ4v) is 2.96. The maximum atomic E-state index is 6.27. The minimum atomic E-state index is -0.0503. The Morgan fingerprint density at radius 3 is 1.72 bits per heavy atom. The molecule has 0 amide bonds. The normalized spacial score (nSPS) is 28.4. The Morgan fingerprint density at radius 1 is 1.00 bits per heavy atom.